The van der Waals surface area contributed by atoms with Crippen LogP contribution in [0.25, 0.3) is 5.52 Å². The third kappa shape index (κ3) is 3.26. The van der Waals surface area contributed by atoms with Gasteiger partial charge in [-0.1, -0.05) is 0 Å². The van der Waals surface area contributed by atoms with Crippen LogP contribution < -0.4 is 0 Å². The van der Waals surface area contributed by atoms with Crippen molar-refractivity contribution < 1.29 is 14.6 Å². The van der Waals surface area contributed by atoms with E-state index in [2.05, 4.69) is 5.10 Å². The average Bonchev–Trinajstić information content (AvgIpc) is 2.99. The first-order valence-corrected chi connectivity index (χ1v) is 9.81. The molecule has 1 aliphatic heterocycles. The largest absolute Gasteiger partial charge is 0.508 e. The SMILES string of the molecule is Cc1c(O)ccn2ncc(C3CCC4(CC3)CN(C(=O)OC(C)(C)C)C4)c12. The van der Waals surface area contributed by atoms with Crippen LogP contribution in [0, 0.1) is 12.3 Å². The van der Waals surface area contributed by atoms with Gasteiger partial charge in [0.05, 0.1) is 11.7 Å². The van der Waals surface area contributed by atoms with E-state index in [1.807, 2.05) is 49.5 Å². The number of hydrogen-bond donors (Lipinski definition) is 1. The van der Waals surface area contributed by atoms with Crippen molar-refractivity contribution in [3.63, 3.8) is 0 Å². The zero-order valence-corrected chi connectivity index (χ0v) is 16.7. The van der Waals surface area contributed by atoms with Gasteiger partial charge in [-0.25, -0.2) is 9.31 Å². The van der Waals surface area contributed by atoms with Gasteiger partial charge in [-0.3, -0.25) is 0 Å². The van der Waals surface area contributed by atoms with Crippen molar-refractivity contribution in [1.82, 2.24) is 14.5 Å². The molecule has 27 heavy (non-hydrogen) atoms. The lowest BCUT2D eigenvalue weighted by atomic mass is 9.65. The monoisotopic (exact) mass is 371 g/mol. The van der Waals surface area contributed by atoms with Crippen molar-refractivity contribution in [1.29, 1.82) is 0 Å². The number of amides is 1. The number of pyridine rings is 1. The fourth-order valence-corrected chi connectivity index (χ4v) is 4.64. The number of aromatic nitrogens is 2. The van der Waals surface area contributed by atoms with Gasteiger partial charge in [0.25, 0.3) is 0 Å². The van der Waals surface area contributed by atoms with Crippen LogP contribution in [0.5, 0.6) is 5.75 Å². The Morgan fingerprint density at radius 1 is 1.30 bits per heavy atom. The van der Waals surface area contributed by atoms with E-state index in [0.717, 1.165) is 49.9 Å². The molecule has 0 atom stereocenters. The molecule has 1 saturated heterocycles. The lowest BCUT2D eigenvalue weighted by Crippen LogP contribution is -2.60. The van der Waals surface area contributed by atoms with Crippen LogP contribution in [0.1, 0.15) is 63.5 Å². The zero-order valence-electron chi connectivity index (χ0n) is 16.7. The first-order valence-electron chi connectivity index (χ1n) is 9.81. The smallest absolute Gasteiger partial charge is 0.410 e. The van der Waals surface area contributed by atoms with E-state index in [0.29, 0.717) is 11.7 Å². The summed E-state index contributed by atoms with van der Waals surface area (Å²) in [6, 6.07) is 1.69. The fourth-order valence-electron chi connectivity index (χ4n) is 4.64. The number of aryl methyl sites for hydroxylation is 1. The zero-order chi connectivity index (χ0) is 19.4. The second kappa shape index (κ2) is 6.14. The van der Waals surface area contributed by atoms with Gasteiger partial charge in [0, 0.05) is 35.8 Å². The Kier molecular flexibility index (Phi) is 4.13. The number of hydrogen-bond acceptors (Lipinski definition) is 4. The average molecular weight is 371 g/mol. The van der Waals surface area contributed by atoms with Crippen molar-refractivity contribution in [2.45, 2.75) is 64.9 Å². The van der Waals surface area contributed by atoms with Crippen LogP contribution >= 0.6 is 0 Å². The summed E-state index contributed by atoms with van der Waals surface area (Å²) in [5, 5.41) is 14.5. The molecule has 6 heteroatoms. The number of carbonyl (C=O) groups excluding carboxylic acids is 1. The van der Waals surface area contributed by atoms with Gasteiger partial charge in [0.2, 0.25) is 0 Å². The van der Waals surface area contributed by atoms with Crippen LogP contribution in [0.15, 0.2) is 18.5 Å². The van der Waals surface area contributed by atoms with Crippen molar-refractivity contribution in [2.24, 2.45) is 5.41 Å². The number of rotatable bonds is 1. The number of fused-ring (bicyclic) bond motifs is 1. The Bertz CT molecular complexity index is 865. The minimum atomic E-state index is -0.440. The topological polar surface area (TPSA) is 67.1 Å². The quantitative estimate of drug-likeness (QED) is 0.814. The Morgan fingerprint density at radius 3 is 2.59 bits per heavy atom. The van der Waals surface area contributed by atoms with E-state index in [1.54, 1.807) is 6.07 Å². The van der Waals surface area contributed by atoms with Gasteiger partial charge in [-0.2, -0.15) is 5.10 Å². The Hall–Kier alpha value is -2.24. The van der Waals surface area contributed by atoms with E-state index in [-0.39, 0.29) is 11.5 Å². The fraction of sp³-hybridized carbons (Fsp3) is 0.619. The van der Waals surface area contributed by atoms with Gasteiger partial charge in [0.15, 0.2) is 0 Å². The lowest BCUT2D eigenvalue weighted by molar-refractivity contribution is -0.0505. The minimum Gasteiger partial charge on any atom is -0.508 e. The third-order valence-corrected chi connectivity index (χ3v) is 6.13. The molecule has 1 N–H and O–H groups in total. The van der Waals surface area contributed by atoms with Gasteiger partial charge in [-0.15, -0.1) is 0 Å². The molecule has 3 heterocycles. The molecule has 2 aromatic rings. The van der Waals surface area contributed by atoms with Crippen LogP contribution in [0.2, 0.25) is 0 Å². The molecule has 2 fully saturated rings. The molecule has 1 amide bonds. The maximum atomic E-state index is 12.2. The highest BCUT2D eigenvalue weighted by Crippen LogP contribution is 2.49. The summed E-state index contributed by atoms with van der Waals surface area (Å²) in [6.45, 7) is 9.28. The van der Waals surface area contributed by atoms with Gasteiger partial charge >= 0.3 is 6.09 Å². The molecule has 0 radical (unpaired) electrons. The number of nitrogens with zero attached hydrogens (tertiary/aromatic N) is 3. The Labute approximate surface area is 160 Å². The predicted octanol–water partition coefficient (Wildman–Crippen LogP) is 4.24. The summed E-state index contributed by atoms with van der Waals surface area (Å²) in [5.74, 6) is 0.785. The molecule has 146 valence electrons. The van der Waals surface area contributed by atoms with E-state index >= 15 is 0 Å². The number of aromatic hydroxyl groups is 1. The molecular formula is C21H29N3O3. The van der Waals surface area contributed by atoms with E-state index in [4.69, 9.17) is 4.74 Å². The van der Waals surface area contributed by atoms with Crippen LogP contribution in [0.4, 0.5) is 4.79 Å². The highest BCUT2D eigenvalue weighted by Gasteiger charge is 2.48. The van der Waals surface area contributed by atoms with Crippen LogP contribution in [0.3, 0.4) is 0 Å². The highest BCUT2D eigenvalue weighted by molar-refractivity contribution is 5.69. The van der Waals surface area contributed by atoms with Crippen molar-refractivity contribution in [3.8, 4) is 5.75 Å². The maximum absolute atomic E-state index is 12.2. The summed E-state index contributed by atoms with van der Waals surface area (Å²) in [7, 11) is 0. The molecule has 6 nitrogen and oxygen atoms in total. The van der Waals surface area contributed by atoms with Crippen molar-refractivity contribution in [2.75, 3.05) is 13.1 Å². The number of likely N-dealkylation sites (tertiary alicyclic amines) is 1. The van der Waals surface area contributed by atoms with E-state index in [9.17, 15) is 9.90 Å². The second-order valence-corrected chi connectivity index (χ2v) is 9.33. The van der Waals surface area contributed by atoms with E-state index < -0.39 is 5.60 Å². The molecule has 2 aromatic heterocycles. The summed E-state index contributed by atoms with van der Waals surface area (Å²) >= 11 is 0. The lowest BCUT2D eigenvalue weighted by Gasteiger charge is -2.53. The standard InChI is InChI=1S/C21H29N3O3/c1-14-17(25)7-10-24-18(14)16(11-22-24)15-5-8-21(9-6-15)12-23(13-21)19(26)27-20(2,3)4/h7,10-11,15,25H,5-6,8-9,12-13H2,1-4H3. The first kappa shape index (κ1) is 18.1. The first-order chi connectivity index (χ1) is 12.7. The molecule has 1 aliphatic carbocycles. The summed E-state index contributed by atoms with van der Waals surface area (Å²) in [6.07, 6.45) is 8.01. The van der Waals surface area contributed by atoms with Gasteiger partial charge in [-0.05, 0) is 65.4 Å². The van der Waals surface area contributed by atoms with Crippen LogP contribution in [-0.4, -0.2) is 44.4 Å². The summed E-state index contributed by atoms with van der Waals surface area (Å²) in [5.41, 5.74) is 2.99. The molecule has 1 spiro atoms. The molecule has 4 rings (SSSR count). The molecular weight excluding hydrogens is 342 g/mol. The minimum absolute atomic E-state index is 0.191. The molecule has 1 saturated carbocycles. The van der Waals surface area contributed by atoms with Crippen LogP contribution in [-0.2, 0) is 4.74 Å². The Balaban J connectivity index is 1.41. The molecule has 0 unspecified atom stereocenters. The van der Waals surface area contributed by atoms with Gasteiger partial charge < -0.3 is 14.7 Å². The van der Waals surface area contributed by atoms with Crippen molar-refractivity contribution in [3.05, 3.63) is 29.6 Å². The second-order valence-electron chi connectivity index (χ2n) is 9.33. The predicted molar refractivity (Wildman–Crippen MR) is 103 cm³/mol. The normalized spacial score (nSPS) is 20.1. The highest BCUT2D eigenvalue weighted by atomic mass is 16.6. The summed E-state index contributed by atoms with van der Waals surface area (Å²) < 4.78 is 7.34. The third-order valence-electron chi connectivity index (χ3n) is 6.13. The molecule has 0 aromatic carbocycles. The number of ether oxygens (including phenoxy) is 1. The van der Waals surface area contributed by atoms with Crippen molar-refractivity contribution >= 4 is 11.6 Å². The summed E-state index contributed by atoms with van der Waals surface area (Å²) in [4.78, 5) is 14.0. The number of carbonyl (C=O) groups is 1. The van der Waals surface area contributed by atoms with Gasteiger partial charge in [0.1, 0.15) is 11.4 Å². The Morgan fingerprint density at radius 2 is 1.96 bits per heavy atom. The molecule has 0 bridgehead atoms. The molecule has 2 aliphatic rings. The maximum Gasteiger partial charge on any atom is 0.410 e. The van der Waals surface area contributed by atoms with E-state index in [1.165, 1.54) is 5.56 Å².